The number of hydrogen-bond donors (Lipinski definition) is 2. The maximum atomic E-state index is 15.4. The average molecular weight is 668 g/mol. The fourth-order valence-electron chi connectivity index (χ4n) is 7.11. The molecule has 0 saturated heterocycles. The van der Waals surface area contributed by atoms with Crippen LogP contribution in [0.4, 0.5) is 26.3 Å². The summed E-state index contributed by atoms with van der Waals surface area (Å²) < 4.78 is 88.9. The van der Waals surface area contributed by atoms with E-state index in [-0.39, 0.29) is 23.2 Å². The maximum Gasteiger partial charge on any atom is 0.293 e. The van der Waals surface area contributed by atoms with Gasteiger partial charge in [-0.3, -0.25) is 14.5 Å². The minimum Gasteiger partial charge on any atom is -0.346 e. The number of fused-ring (bicyclic) bond motifs is 5. The Labute approximate surface area is 265 Å². The number of pyridine rings is 1. The maximum absolute atomic E-state index is 15.4. The number of aromatic amines is 1. The second-order valence-corrected chi connectivity index (χ2v) is 12.8. The zero-order chi connectivity index (χ0) is 32.8. The van der Waals surface area contributed by atoms with Gasteiger partial charge in [0.15, 0.2) is 0 Å². The molecule has 1 amide bonds. The lowest BCUT2D eigenvalue weighted by Crippen LogP contribution is -2.35. The van der Waals surface area contributed by atoms with Crippen LogP contribution in [0.2, 0.25) is 0 Å². The van der Waals surface area contributed by atoms with E-state index in [1.54, 1.807) is 12.4 Å². The largest absolute Gasteiger partial charge is 0.346 e. The highest BCUT2D eigenvalue weighted by Gasteiger charge is 2.71. The summed E-state index contributed by atoms with van der Waals surface area (Å²) in [4.78, 5) is 30.1. The van der Waals surface area contributed by atoms with E-state index in [9.17, 15) is 22.4 Å². The van der Waals surface area contributed by atoms with Gasteiger partial charge in [-0.1, -0.05) is 13.0 Å². The number of benzene rings is 2. The number of nitrogens with zero attached hydrogens (tertiary/aromatic N) is 5. The third-order valence-electron chi connectivity index (χ3n) is 9.11. The summed E-state index contributed by atoms with van der Waals surface area (Å²) >= 11 is 1.45. The van der Waals surface area contributed by atoms with Gasteiger partial charge < -0.3 is 10.3 Å². The van der Waals surface area contributed by atoms with Gasteiger partial charge in [0.1, 0.15) is 29.6 Å². The van der Waals surface area contributed by atoms with Gasteiger partial charge in [0, 0.05) is 29.0 Å². The zero-order valence-corrected chi connectivity index (χ0v) is 25.1. The van der Waals surface area contributed by atoms with Crippen LogP contribution in [0.15, 0.2) is 54.4 Å². The minimum absolute atomic E-state index is 0.160. The first-order chi connectivity index (χ1) is 22.5. The molecule has 2 N–H and O–H groups in total. The smallest absolute Gasteiger partial charge is 0.293 e. The molecule has 2 aliphatic rings. The Morgan fingerprint density at radius 3 is 2.64 bits per heavy atom. The van der Waals surface area contributed by atoms with E-state index in [0.717, 1.165) is 16.8 Å². The van der Waals surface area contributed by atoms with E-state index in [0.29, 0.717) is 38.4 Å². The number of imidazole rings is 1. The van der Waals surface area contributed by atoms with Crippen molar-refractivity contribution < 1.29 is 31.1 Å². The van der Waals surface area contributed by atoms with Crippen molar-refractivity contribution in [2.45, 2.75) is 44.2 Å². The topological polar surface area (TPSA) is 101 Å². The van der Waals surface area contributed by atoms with E-state index < -0.39 is 71.6 Å². The Hall–Kier alpha value is -4.79. The molecule has 6 aromatic rings. The molecule has 47 heavy (non-hydrogen) atoms. The minimum atomic E-state index is -3.44. The van der Waals surface area contributed by atoms with Crippen molar-refractivity contribution in [2.75, 3.05) is 0 Å². The van der Waals surface area contributed by atoms with Crippen LogP contribution in [0, 0.1) is 23.5 Å². The predicted molar refractivity (Wildman–Crippen MR) is 160 cm³/mol. The monoisotopic (exact) mass is 667 g/mol. The molecule has 15 heteroatoms. The molecule has 1 saturated carbocycles. The first kappa shape index (κ1) is 29.6. The molecule has 4 atom stereocenters. The number of aromatic nitrogens is 6. The predicted octanol–water partition coefficient (Wildman–Crippen LogP) is 7.20. The summed E-state index contributed by atoms with van der Waals surface area (Å²) in [7, 11) is 0. The van der Waals surface area contributed by atoms with Crippen molar-refractivity contribution in [1.29, 1.82) is 0 Å². The SMILES string of the molecule is C[C@@H]1C2c3c(C(F)F)nn(CC(=O)NC(Cc4cc(F)cc(F)c4)c4ncc5[nH]cnc5c4-c4ccc5scnc5c4)c3C(F)(F)C21. The van der Waals surface area contributed by atoms with Crippen molar-refractivity contribution in [3.8, 4) is 11.1 Å². The highest BCUT2D eigenvalue weighted by Crippen LogP contribution is 2.71. The molecule has 8 nitrogen and oxygen atoms in total. The zero-order valence-electron chi connectivity index (χ0n) is 24.3. The molecule has 1 fully saturated rings. The number of thiazole rings is 1. The Morgan fingerprint density at radius 1 is 1.09 bits per heavy atom. The number of H-pyrrole nitrogens is 1. The highest BCUT2D eigenvalue weighted by molar-refractivity contribution is 7.16. The van der Waals surface area contributed by atoms with Gasteiger partial charge in [-0.2, -0.15) is 13.9 Å². The van der Waals surface area contributed by atoms with E-state index in [2.05, 4.69) is 30.4 Å². The molecule has 0 aliphatic heterocycles. The number of alkyl halides is 4. The summed E-state index contributed by atoms with van der Waals surface area (Å²) in [6, 6.07) is 7.40. The van der Waals surface area contributed by atoms with Gasteiger partial charge in [-0.05, 0) is 47.7 Å². The highest BCUT2D eigenvalue weighted by atomic mass is 32.1. The van der Waals surface area contributed by atoms with Gasteiger partial charge in [0.05, 0.1) is 51.0 Å². The fraction of sp³-hybridized carbons (Fsp3) is 0.281. The van der Waals surface area contributed by atoms with Crippen LogP contribution in [-0.2, 0) is 23.7 Å². The number of carbonyl (C=O) groups excluding carboxylic acids is 1. The van der Waals surface area contributed by atoms with Gasteiger partial charge >= 0.3 is 0 Å². The Bertz CT molecular complexity index is 2190. The Morgan fingerprint density at radius 2 is 1.87 bits per heavy atom. The standard InChI is InChI=1S/C32H23F6N7OS/c1-13-23-25-29(31(35)36)44-45(30(25)32(37,38)26(13)23)10-22(46)43-19(6-14-4-16(33)8-17(34)5-14)27-24(28-20(9-39-27)40-11-41-28)15-2-3-21-18(7-15)42-12-47-21/h2-5,7-9,11-13,19,23,26,31H,6,10H2,1H3,(H,40,41)(H,43,46)/t13-,19?,23?,26?/m1/s1. The van der Waals surface area contributed by atoms with E-state index >= 15 is 8.78 Å². The van der Waals surface area contributed by atoms with Crippen LogP contribution in [-0.4, -0.2) is 35.6 Å². The van der Waals surface area contributed by atoms with E-state index in [1.807, 2.05) is 18.2 Å². The van der Waals surface area contributed by atoms with Crippen LogP contribution >= 0.6 is 11.3 Å². The lowest BCUT2D eigenvalue weighted by Gasteiger charge is -2.23. The van der Waals surface area contributed by atoms with E-state index in [1.165, 1.54) is 23.9 Å². The van der Waals surface area contributed by atoms with Gasteiger partial charge in [0.2, 0.25) is 5.91 Å². The number of carbonyl (C=O) groups is 1. The molecule has 3 unspecified atom stereocenters. The number of rotatable bonds is 8. The fourth-order valence-corrected chi connectivity index (χ4v) is 7.77. The first-order valence-electron chi connectivity index (χ1n) is 14.7. The van der Waals surface area contributed by atoms with Gasteiger partial charge in [0.25, 0.3) is 12.3 Å². The molecular formula is C32H23F6N7OS. The third kappa shape index (κ3) is 4.77. The lowest BCUT2D eigenvalue weighted by molar-refractivity contribution is -0.123. The van der Waals surface area contributed by atoms with Crippen LogP contribution in [0.25, 0.3) is 32.4 Å². The average Bonchev–Trinajstić information content (AvgIpc) is 3.50. The van der Waals surface area contributed by atoms with Gasteiger partial charge in [-0.15, -0.1) is 11.3 Å². The molecule has 0 spiro atoms. The van der Waals surface area contributed by atoms with Crippen molar-refractivity contribution in [3.63, 3.8) is 0 Å². The number of amides is 1. The van der Waals surface area contributed by atoms with Crippen LogP contribution in [0.3, 0.4) is 0 Å². The molecule has 2 aliphatic carbocycles. The molecule has 4 aromatic heterocycles. The van der Waals surface area contributed by atoms with Crippen molar-refractivity contribution in [2.24, 2.45) is 11.8 Å². The Kier molecular flexibility index (Phi) is 6.69. The normalized spacial score (nSPS) is 20.1. The van der Waals surface area contributed by atoms with Crippen LogP contribution in [0.1, 0.15) is 53.5 Å². The molecule has 2 aromatic carbocycles. The number of nitrogens with one attached hydrogen (secondary N) is 2. The number of hydrogen-bond acceptors (Lipinski definition) is 6. The van der Waals surface area contributed by atoms with E-state index in [4.69, 9.17) is 0 Å². The second kappa shape index (κ2) is 10.6. The summed E-state index contributed by atoms with van der Waals surface area (Å²) in [6.45, 7) is 0.787. The molecule has 4 heterocycles. The van der Waals surface area contributed by atoms with Crippen molar-refractivity contribution in [1.82, 2.24) is 35.0 Å². The summed E-state index contributed by atoms with van der Waals surface area (Å²) in [6.07, 6.45) is -0.293. The van der Waals surface area contributed by atoms with Crippen molar-refractivity contribution >= 4 is 38.5 Å². The molecule has 0 bridgehead atoms. The molecular weight excluding hydrogens is 644 g/mol. The quantitative estimate of drug-likeness (QED) is 0.167. The Balaban J connectivity index is 1.21. The first-order valence-corrected chi connectivity index (χ1v) is 15.6. The summed E-state index contributed by atoms with van der Waals surface area (Å²) in [5.41, 5.74) is 3.46. The molecule has 8 rings (SSSR count). The van der Waals surface area contributed by atoms with Crippen LogP contribution < -0.4 is 5.32 Å². The van der Waals surface area contributed by atoms with Gasteiger partial charge in [-0.25, -0.2) is 27.5 Å². The summed E-state index contributed by atoms with van der Waals surface area (Å²) in [5.74, 6) is -8.31. The lowest BCUT2D eigenvalue weighted by atomic mass is 9.94. The van der Waals surface area contributed by atoms with Crippen molar-refractivity contribution in [3.05, 3.63) is 94.3 Å². The second-order valence-electron chi connectivity index (χ2n) is 12.0. The summed E-state index contributed by atoms with van der Waals surface area (Å²) in [5, 5.41) is 6.55. The molecule has 0 radical (unpaired) electrons. The number of halogens is 6. The van der Waals surface area contributed by atoms with Crippen LogP contribution in [0.5, 0.6) is 0 Å². The molecule has 240 valence electrons. The third-order valence-corrected chi connectivity index (χ3v) is 9.92.